The highest BCUT2D eigenvalue weighted by Gasteiger charge is 2.36. The fraction of sp³-hybridized carbons (Fsp3) is 0.600. The Labute approximate surface area is 114 Å². The Kier molecular flexibility index (Phi) is 3.27. The third-order valence-corrected chi connectivity index (χ3v) is 4.45. The van der Waals surface area contributed by atoms with E-state index in [4.69, 9.17) is 9.47 Å². The quantitative estimate of drug-likeness (QED) is 0.882. The summed E-state index contributed by atoms with van der Waals surface area (Å²) in [6.45, 7) is 3.30. The zero-order valence-corrected chi connectivity index (χ0v) is 11.9. The van der Waals surface area contributed by atoms with Crippen molar-refractivity contribution in [3.8, 4) is 11.5 Å². The standard InChI is InChI=1S/C15H22N2O2/c1-17-9-10-8-16-5-4-12(10)15-13(17)6-11(18-2)7-14(15)19-3/h6-7,10,12,16H,4-5,8-9H2,1-3H3. The van der Waals surface area contributed by atoms with E-state index in [1.807, 2.05) is 6.07 Å². The van der Waals surface area contributed by atoms with Crippen molar-refractivity contribution in [2.75, 3.05) is 45.8 Å². The molecule has 2 aliphatic heterocycles. The fourth-order valence-electron chi connectivity index (χ4n) is 3.51. The second-order valence-electron chi connectivity index (χ2n) is 5.50. The number of ether oxygens (including phenoxy) is 2. The van der Waals surface area contributed by atoms with Gasteiger partial charge in [-0.3, -0.25) is 0 Å². The third kappa shape index (κ3) is 2.04. The zero-order valence-electron chi connectivity index (χ0n) is 11.9. The first-order valence-corrected chi connectivity index (χ1v) is 6.92. The van der Waals surface area contributed by atoms with Crippen molar-refractivity contribution in [1.82, 2.24) is 5.32 Å². The number of anilines is 1. The molecule has 2 unspecified atom stereocenters. The molecular weight excluding hydrogens is 240 g/mol. The average Bonchev–Trinajstić information content (AvgIpc) is 2.46. The molecule has 1 fully saturated rings. The molecule has 104 valence electrons. The van der Waals surface area contributed by atoms with Gasteiger partial charge in [0, 0.05) is 43.5 Å². The van der Waals surface area contributed by atoms with Gasteiger partial charge in [0.15, 0.2) is 0 Å². The molecule has 3 rings (SSSR count). The molecular formula is C15H22N2O2. The number of fused-ring (bicyclic) bond motifs is 3. The van der Waals surface area contributed by atoms with Crippen LogP contribution in [0.3, 0.4) is 0 Å². The second-order valence-corrected chi connectivity index (χ2v) is 5.50. The topological polar surface area (TPSA) is 33.7 Å². The van der Waals surface area contributed by atoms with Gasteiger partial charge in [-0.25, -0.2) is 0 Å². The minimum Gasteiger partial charge on any atom is -0.497 e. The molecule has 2 heterocycles. The Morgan fingerprint density at radius 1 is 1.26 bits per heavy atom. The van der Waals surface area contributed by atoms with Crippen molar-refractivity contribution in [2.24, 2.45) is 5.92 Å². The van der Waals surface area contributed by atoms with Crippen molar-refractivity contribution in [1.29, 1.82) is 0 Å². The van der Waals surface area contributed by atoms with Gasteiger partial charge in [0.05, 0.1) is 14.2 Å². The smallest absolute Gasteiger partial charge is 0.128 e. The first kappa shape index (κ1) is 12.6. The van der Waals surface area contributed by atoms with E-state index in [1.54, 1.807) is 14.2 Å². The van der Waals surface area contributed by atoms with E-state index >= 15 is 0 Å². The van der Waals surface area contributed by atoms with Crippen molar-refractivity contribution in [2.45, 2.75) is 12.3 Å². The summed E-state index contributed by atoms with van der Waals surface area (Å²) < 4.78 is 11.0. The van der Waals surface area contributed by atoms with Gasteiger partial charge in [-0.15, -0.1) is 0 Å². The van der Waals surface area contributed by atoms with Crippen LogP contribution in [-0.4, -0.2) is 40.9 Å². The van der Waals surface area contributed by atoms with E-state index in [2.05, 4.69) is 23.3 Å². The van der Waals surface area contributed by atoms with E-state index in [9.17, 15) is 0 Å². The van der Waals surface area contributed by atoms with Crippen molar-refractivity contribution in [3.63, 3.8) is 0 Å². The normalized spacial score (nSPS) is 25.5. The van der Waals surface area contributed by atoms with Gasteiger partial charge < -0.3 is 19.7 Å². The molecule has 1 aromatic carbocycles. The minimum absolute atomic E-state index is 0.605. The number of hydrogen-bond donors (Lipinski definition) is 1. The van der Waals surface area contributed by atoms with E-state index in [-0.39, 0.29) is 0 Å². The Hall–Kier alpha value is -1.42. The maximum absolute atomic E-state index is 5.63. The van der Waals surface area contributed by atoms with Crippen molar-refractivity contribution in [3.05, 3.63) is 17.7 Å². The van der Waals surface area contributed by atoms with E-state index in [0.29, 0.717) is 11.8 Å². The maximum Gasteiger partial charge on any atom is 0.128 e. The first-order chi connectivity index (χ1) is 9.24. The highest BCUT2D eigenvalue weighted by Crippen LogP contribution is 2.47. The molecule has 2 aliphatic rings. The van der Waals surface area contributed by atoms with Crippen LogP contribution >= 0.6 is 0 Å². The summed E-state index contributed by atoms with van der Waals surface area (Å²) in [6.07, 6.45) is 1.19. The minimum atomic E-state index is 0.605. The van der Waals surface area contributed by atoms with Crippen LogP contribution in [0, 0.1) is 5.92 Å². The van der Waals surface area contributed by atoms with E-state index in [0.717, 1.165) is 31.1 Å². The Morgan fingerprint density at radius 3 is 2.84 bits per heavy atom. The molecule has 4 heteroatoms. The lowest BCUT2D eigenvalue weighted by Crippen LogP contribution is -2.45. The zero-order chi connectivity index (χ0) is 13.4. The number of hydrogen-bond acceptors (Lipinski definition) is 4. The average molecular weight is 262 g/mol. The summed E-state index contributed by atoms with van der Waals surface area (Å²) in [5, 5.41) is 3.50. The van der Waals surface area contributed by atoms with Crippen LogP contribution in [0.1, 0.15) is 17.9 Å². The molecule has 19 heavy (non-hydrogen) atoms. The number of piperidine rings is 1. The predicted octanol–water partition coefficient (Wildman–Crippen LogP) is 1.85. The molecule has 4 nitrogen and oxygen atoms in total. The summed E-state index contributed by atoms with van der Waals surface area (Å²) >= 11 is 0. The molecule has 0 spiro atoms. The van der Waals surface area contributed by atoms with Crippen molar-refractivity contribution < 1.29 is 9.47 Å². The molecule has 2 atom stereocenters. The van der Waals surface area contributed by atoms with Crippen LogP contribution in [0.2, 0.25) is 0 Å². The van der Waals surface area contributed by atoms with Gasteiger partial charge in [-0.05, 0) is 24.8 Å². The molecule has 0 aromatic heterocycles. The largest absolute Gasteiger partial charge is 0.497 e. The number of nitrogens with one attached hydrogen (secondary N) is 1. The number of nitrogens with zero attached hydrogens (tertiary/aromatic N) is 1. The monoisotopic (exact) mass is 262 g/mol. The molecule has 0 amide bonds. The predicted molar refractivity (Wildman–Crippen MR) is 76.5 cm³/mol. The Bertz CT molecular complexity index is 475. The van der Waals surface area contributed by atoms with Gasteiger partial charge >= 0.3 is 0 Å². The number of rotatable bonds is 2. The molecule has 0 aliphatic carbocycles. The lowest BCUT2D eigenvalue weighted by Gasteiger charge is -2.43. The fourth-order valence-corrected chi connectivity index (χ4v) is 3.51. The van der Waals surface area contributed by atoms with Gasteiger partial charge in [0.1, 0.15) is 11.5 Å². The summed E-state index contributed by atoms with van der Waals surface area (Å²) in [5.74, 6) is 3.12. The lowest BCUT2D eigenvalue weighted by molar-refractivity contribution is 0.305. The Balaban J connectivity index is 2.11. The van der Waals surface area contributed by atoms with E-state index < -0.39 is 0 Å². The summed E-state index contributed by atoms with van der Waals surface area (Å²) in [7, 11) is 5.61. The van der Waals surface area contributed by atoms with Crippen molar-refractivity contribution >= 4 is 5.69 Å². The SMILES string of the molecule is COc1cc(OC)c2c(c1)N(C)CC1CNCCC21. The van der Waals surface area contributed by atoms with Gasteiger partial charge in [0.25, 0.3) is 0 Å². The van der Waals surface area contributed by atoms with Gasteiger partial charge in [0.2, 0.25) is 0 Å². The highest BCUT2D eigenvalue weighted by atomic mass is 16.5. The first-order valence-electron chi connectivity index (χ1n) is 6.92. The van der Waals surface area contributed by atoms with Gasteiger partial charge in [-0.1, -0.05) is 0 Å². The maximum atomic E-state index is 5.63. The molecule has 0 saturated carbocycles. The molecule has 0 bridgehead atoms. The van der Waals surface area contributed by atoms with Crippen LogP contribution in [0.25, 0.3) is 0 Å². The van der Waals surface area contributed by atoms with Crippen LogP contribution < -0.4 is 19.7 Å². The highest BCUT2D eigenvalue weighted by molar-refractivity contribution is 5.66. The van der Waals surface area contributed by atoms with Crippen LogP contribution in [0.4, 0.5) is 5.69 Å². The van der Waals surface area contributed by atoms with Crippen LogP contribution in [0.5, 0.6) is 11.5 Å². The molecule has 1 N–H and O–H groups in total. The van der Waals surface area contributed by atoms with E-state index in [1.165, 1.54) is 17.7 Å². The summed E-state index contributed by atoms with van der Waals surface area (Å²) in [4.78, 5) is 2.33. The second kappa shape index (κ2) is 4.93. The van der Waals surface area contributed by atoms with Crippen LogP contribution in [-0.2, 0) is 0 Å². The molecule has 0 radical (unpaired) electrons. The molecule has 1 aromatic rings. The third-order valence-electron chi connectivity index (χ3n) is 4.45. The Morgan fingerprint density at radius 2 is 2.11 bits per heavy atom. The lowest BCUT2D eigenvalue weighted by atomic mass is 9.77. The van der Waals surface area contributed by atoms with Gasteiger partial charge in [-0.2, -0.15) is 0 Å². The molecule has 1 saturated heterocycles. The van der Waals surface area contributed by atoms with Crippen LogP contribution in [0.15, 0.2) is 12.1 Å². The summed E-state index contributed by atoms with van der Waals surface area (Å²) in [6, 6.07) is 4.15. The number of benzene rings is 1. The number of methoxy groups -OCH3 is 2. The summed E-state index contributed by atoms with van der Waals surface area (Å²) in [5.41, 5.74) is 2.63.